The maximum atomic E-state index is 8.37. The molecule has 0 radical (unpaired) electrons. The van der Waals surface area contributed by atoms with Crippen LogP contribution in [-0.2, 0) is 0 Å². The Morgan fingerprint density at radius 3 is 2.33 bits per heavy atom. The lowest BCUT2D eigenvalue weighted by atomic mass is 10.5. The molecule has 1 N–H and O–H groups in total. The van der Waals surface area contributed by atoms with Crippen LogP contribution in [0.1, 0.15) is 6.42 Å². The Bertz CT molecular complexity index is 53.5. The Labute approximate surface area is 50.9 Å². The van der Waals surface area contributed by atoms with E-state index in [1.807, 2.05) is 0 Å². The Balaban J connectivity index is 2.09. The van der Waals surface area contributed by atoms with E-state index in [9.17, 15) is 0 Å². The highest BCUT2D eigenvalue weighted by atomic mass is 127. The van der Waals surface area contributed by atoms with Gasteiger partial charge in [-0.25, -0.2) is 0 Å². The SMILES string of the molecule is OC[C@H]1C[C@H]1I. The first kappa shape index (κ1) is 4.84. The first-order valence-electron chi connectivity index (χ1n) is 2.09. The summed E-state index contributed by atoms with van der Waals surface area (Å²) in [6.45, 7) is 0.396. The molecule has 1 aliphatic carbocycles. The van der Waals surface area contributed by atoms with Gasteiger partial charge in [-0.1, -0.05) is 22.6 Å². The molecule has 0 spiro atoms. The zero-order valence-electron chi connectivity index (χ0n) is 3.39. The van der Waals surface area contributed by atoms with Gasteiger partial charge in [0.2, 0.25) is 0 Å². The molecule has 1 rings (SSSR count). The molecule has 1 fully saturated rings. The lowest BCUT2D eigenvalue weighted by molar-refractivity contribution is 0.278. The van der Waals surface area contributed by atoms with Crippen molar-refractivity contribution in [2.45, 2.75) is 10.3 Å². The molecule has 1 saturated carbocycles. The quantitative estimate of drug-likeness (QED) is 0.488. The van der Waals surface area contributed by atoms with Crippen LogP contribution in [0.3, 0.4) is 0 Å². The van der Waals surface area contributed by atoms with Crippen LogP contribution in [-0.4, -0.2) is 15.6 Å². The second-order valence-electron chi connectivity index (χ2n) is 1.69. The summed E-state index contributed by atoms with van der Waals surface area (Å²) in [5, 5.41) is 8.37. The summed E-state index contributed by atoms with van der Waals surface area (Å²) in [6.07, 6.45) is 1.23. The molecule has 1 aliphatic rings. The Kier molecular flexibility index (Phi) is 1.34. The number of hydrogen-bond donors (Lipinski definition) is 1. The molecular formula is C4H7IO. The summed E-state index contributed by atoms with van der Waals surface area (Å²) in [6, 6.07) is 0. The fourth-order valence-corrected chi connectivity index (χ4v) is 1.28. The molecule has 6 heavy (non-hydrogen) atoms. The van der Waals surface area contributed by atoms with Crippen molar-refractivity contribution in [2.24, 2.45) is 5.92 Å². The van der Waals surface area contributed by atoms with Crippen LogP contribution >= 0.6 is 22.6 Å². The molecule has 0 aromatic heterocycles. The molecule has 0 saturated heterocycles. The predicted molar refractivity (Wildman–Crippen MR) is 33.0 cm³/mol. The van der Waals surface area contributed by atoms with Crippen LogP contribution in [0.25, 0.3) is 0 Å². The molecule has 0 amide bonds. The average molecular weight is 198 g/mol. The van der Waals surface area contributed by atoms with Crippen molar-refractivity contribution in [1.29, 1.82) is 0 Å². The van der Waals surface area contributed by atoms with Crippen molar-refractivity contribution >= 4 is 22.6 Å². The van der Waals surface area contributed by atoms with Crippen LogP contribution < -0.4 is 0 Å². The van der Waals surface area contributed by atoms with Crippen LogP contribution in [0.15, 0.2) is 0 Å². The molecule has 0 bridgehead atoms. The van der Waals surface area contributed by atoms with Crippen LogP contribution in [0.5, 0.6) is 0 Å². The Hall–Kier alpha value is 0.690. The number of aliphatic hydroxyl groups excluding tert-OH is 1. The van der Waals surface area contributed by atoms with E-state index >= 15 is 0 Å². The van der Waals surface area contributed by atoms with Gasteiger partial charge in [0.1, 0.15) is 0 Å². The predicted octanol–water partition coefficient (Wildman–Crippen LogP) is 0.802. The topological polar surface area (TPSA) is 20.2 Å². The summed E-state index contributed by atoms with van der Waals surface area (Å²) in [4.78, 5) is 0. The highest BCUT2D eigenvalue weighted by molar-refractivity contribution is 14.1. The van der Waals surface area contributed by atoms with Crippen LogP contribution in [0.2, 0.25) is 0 Å². The smallest absolute Gasteiger partial charge is 0.0469 e. The minimum Gasteiger partial charge on any atom is -0.396 e. The summed E-state index contributed by atoms with van der Waals surface area (Å²) in [5.41, 5.74) is 0. The molecule has 36 valence electrons. The van der Waals surface area contributed by atoms with Crippen molar-refractivity contribution in [2.75, 3.05) is 6.61 Å². The van der Waals surface area contributed by atoms with Gasteiger partial charge in [-0.3, -0.25) is 0 Å². The Morgan fingerprint density at radius 1 is 1.83 bits per heavy atom. The van der Waals surface area contributed by atoms with Gasteiger partial charge in [0.15, 0.2) is 0 Å². The molecular weight excluding hydrogens is 191 g/mol. The van der Waals surface area contributed by atoms with Crippen molar-refractivity contribution in [3.8, 4) is 0 Å². The van der Waals surface area contributed by atoms with E-state index < -0.39 is 0 Å². The van der Waals surface area contributed by atoms with Gasteiger partial charge in [0, 0.05) is 10.5 Å². The van der Waals surface area contributed by atoms with E-state index in [2.05, 4.69) is 22.6 Å². The highest BCUT2D eigenvalue weighted by Crippen LogP contribution is 2.37. The molecule has 1 nitrogen and oxygen atoms in total. The van der Waals surface area contributed by atoms with Crippen LogP contribution in [0.4, 0.5) is 0 Å². The monoisotopic (exact) mass is 198 g/mol. The van der Waals surface area contributed by atoms with Gasteiger partial charge in [0.05, 0.1) is 0 Å². The number of aliphatic hydroxyl groups is 1. The minimum atomic E-state index is 0.396. The second kappa shape index (κ2) is 1.66. The number of alkyl halides is 1. The number of rotatable bonds is 1. The van der Waals surface area contributed by atoms with Crippen molar-refractivity contribution in [1.82, 2.24) is 0 Å². The number of halogens is 1. The fourth-order valence-electron chi connectivity index (χ4n) is 0.400. The van der Waals surface area contributed by atoms with E-state index in [0.29, 0.717) is 12.5 Å². The van der Waals surface area contributed by atoms with E-state index in [1.165, 1.54) is 6.42 Å². The standard InChI is InChI=1S/C4H7IO/c5-4-1-3(4)2-6/h3-4,6H,1-2H2/t3-,4-/m1/s1. The summed E-state index contributed by atoms with van der Waals surface area (Å²) in [5.74, 6) is 0.644. The lowest BCUT2D eigenvalue weighted by Crippen LogP contribution is -1.84. The lowest BCUT2D eigenvalue weighted by Gasteiger charge is -1.78. The third-order valence-electron chi connectivity index (χ3n) is 1.07. The first-order chi connectivity index (χ1) is 2.84. The molecule has 0 unspecified atom stereocenters. The summed E-state index contributed by atoms with van der Waals surface area (Å²) < 4.78 is 0.785. The molecule has 0 aromatic rings. The zero-order chi connectivity index (χ0) is 4.57. The van der Waals surface area contributed by atoms with Crippen molar-refractivity contribution in [3.05, 3.63) is 0 Å². The third kappa shape index (κ3) is 0.846. The molecule has 0 heterocycles. The molecule has 0 aromatic carbocycles. The van der Waals surface area contributed by atoms with E-state index in [1.54, 1.807) is 0 Å². The molecule has 2 heteroatoms. The fraction of sp³-hybridized carbons (Fsp3) is 1.00. The average Bonchev–Trinajstić information content (AvgIpc) is 2.19. The van der Waals surface area contributed by atoms with Crippen molar-refractivity contribution in [3.63, 3.8) is 0 Å². The number of hydrogen-bond acceptors (Lipinski definition) is 1. The van der Waals surface area contributed by atoms with E-state index in [-0.39, 0.29) is 0 Å². The Morgan fingerprint density at radius 2 is 2.33 bits per heavy atom. The summed E-state index contributed by atoms with van der Waals surface area (Å²) in [7, 11) is 0. The van der Waals surface area contributed by atoms with Gasteiger partial charge in [-0.15, -0.1) is 0 Å². The first-order valence-corrected chi connectivity index (χ1v) is 3.34. The second-order valence-corrected chi connectivity index (χ2v) is 3.29. The zero-order valence-corrected chi connectivity index (χ0v) is 5.55. The highest BCUT2D eigenvalue weighted by Gasteiger charge is 2.33. The van der Waals surface area contributed by atoms with E-state index in [4.69, 9.17) is 5.11 Å². The maximum Gasteiger partial charge on any atom is 0.0469 e. The molecule has 0 aliphatic heterocycles. The largest absolute Gasteiger partial charge is 0.396 e. The van der Waals surface area contributed by atoms with Crippen LogP contribution in [0, 0.1) is 5.92 Å². The van der Waals surface area contributed by atoms with Gasteiger partial charge in [-0.2, -0.15) is 0 Å². The van der Waals surface area contributed by atoms with Gasteiger partial charge in [0.25, 0.3) is 0 Å². The third-order valence-corrected chi connectivity index (χ3v) is 2.60. The van der Waals surface area contributed by atoms with Gasteiger partial charge < -0.3 is 5.11 Å². The van der Waals surface area contributed by atoms with Crippen molar-refractivity contribution < 1.29 is 5.11 Å². The maximum absolute atomic E-state index is 8.37. The minimum absolute atomic E-state index is 0.396. The molecule has 2 atom stereocenters. The van der Waals surface area contributed by atoms with Gasteiger partial charge >= 0.3 is 0 Å². The van der Waals surface area contributed by atoms with E-state index in [0.717, 1.165) is 3.92 Å². The normalized spacial score (nSPS) is 43.0. The summed E-state index contributed by atoms with van der Waals surface area (Å²) >= 11 is 2.36. The van der Waals surface area contributed by atoms with Gasteiger partial charge in [-0.05, 0) is 12.3 Å².